The van der Waals surface area contributed by atoms with Crippen molar-refractivity contribution in [3.8, 4) is 11.5 Å². The lowest BCUT2D eigenvalue weighted by Crippen LogP contribution is -2.38. The van der Waals surface area contributed by atoms with E-state index >= 15 is 0 Å². The van der Waals surface area contributed by atoms with E-state index in [1.54, 1.807) is 13.4 Å². The van der Waals surface area contributed by atoms with Crippen molar-refractivity contribution in [2.75, 3.05) is 50.7 Å². The first-order valence-electron chi connectivity index (χ1n) is 12.1. The van der Waals surface area contributed by atoms with Crippen LogP contribution >= 0.6 is 12.4 Å². The second kappa shape index (κ2) is 11.5. The summed E-state index contributed by atoms with van der Waals surface area (Å²) in [5.74, 6) is 2.60. The van der Waals surface area contributed by atoms with Crippen LogP contribution in [0.4, 0.5) is 11.5 Å². The zero-order valence-corrected chi connectivity index (χ0v) is 22.6. The number of hydrogen-bond donors (Lipinski definition) is 2. The number of aromatic amines is 1. The SMILES string of the molecule is COc1cc2c(Nc3ccc4[nH]ccc4c3)ncnc2cc1OCC1CCN(CCS(C)(=O)=O)CC1.Cl. The summed E-state index contributed by atoms with van der Waals surface area (Å²) in [5, 5.41) is 5.36. The van der Waals surface area contributed by atoms with Crippen LogP contribution in [0.5, 0.6) is 11.5 Å². The number of anilines is 2. The summed E-state index contributed by atoms with van der Waals surface area (Å²) in [7, 11) is -1.30. The van der Waals surface area contributed by atoms with E-state index < -0.39 is 9.84 Å². The van der Waals surface area contributed by atoms with Crippen LogP contribution in [0.15, 0.2) is 48.9 Å². The monoisotopic (exact) mass is 545 g/mol. The zero-order chi connectivity index (χ0) is 25.1. The predicted octanol–water partition coefficient (Wildman–Crippen LogP) is 4.42. The van der Waals surface area contributed by atoms with Gasteiger partial charge in [0.15, 0.2) is 11.5 Å². The molecule has 3 heterocycles. The van der Waals surface area contributed by atoms with Crippen molar-refractivity contribution < 1.29 is 17.9 Å². The Morgan fingerprint density at radius 1 is 1.11 bits per heavy atom. The highest BCUT2D eigenvalue weighted by Crippen LogP contribution is 2.35. The van der Waals surface area contributed by atoms with Crippen molar-refractivity contribution in [1.82, 2.24) is 19.9 Å². The van der Waals surface area contributed by atoms with Gasteiger partial charge in [0.1, 0.15) is 22.0 Å². The highest BCUT2D eigenvalue weighted by atomic mass is 35.5. The molecule has 2 aromatic carbocycles. The number of rotatable bonds is 9. The van der Waals surface area contributed by atoms with E-state index in [9.17, 15) is 8.42 Å². The number of methoxy groups -OCH3 is 1. The third-order valence-corrected chi connectivity index (χ3v) is 7.62. The fourth-order valence-electron chi connectivity index (χ4n) is 4.58. The van der Waals surface area contributed by atoms with Gasteiger partial charge < -0.3 is 24.7 Å². The first-order valence-corrected chi connectivity index (χ1v) is 14.1. The Morgan fingerprint density at radius 2 is 1.92 bits per heavy atom. The van der Waals surface area contributed by atoms with Crippen LogP contribution in [-0.2, 0) is 9.84 Å². The average molecular weight is 546 g/mol. The minimum atomic E-state index is -2.93. The molecular weight excluding hydrogens is 514 g/mol. The predicted molar refractivity (Wildman–Crippen MR) is 149 cm³/mol. The van der Waals surface area contributed by atoms with Gasteiger partial charge in [-0.15, -0.1) is 12.4 Å². The van der Waals surface area contributed by atoms with E-state index in [0.29, 0.717) is 36.4 Å². The van der Waals surface area contributed by atoms with E-state index in [2.05, 4.69) is 31.2 Å². The van der Waals surface area contributed by atoms with Gasteiger partial charge in [-0.05, 0) is 62.2 Å². The van der Waals surface area contributed by atoms with Gasteiger partial charge in [-0.2, -0.15) is 0 Å². The van der Waals surface area contributed by atoms with Crippen molar-refractivity contribution in [2.45, 2.75) is 12.8 Å². The van der Waals surface area contributed by atoms with Gasteiger partial charge in [0.2, 0.25) is 0 Å². The highest BCUT2D eigenvalue weighted by molar-refractivity contribution is 7.90. The van der Waals surface area contributed by atoms with Gasteiger partial charge >= 0.3 is 0 Å². The van der Waals surface area contributed by atoms with Crippen molar-refractivity contribution in [3.63, 3.8) is 0 Å². The van der Waals surface area contributed by atoms with Gasteiger partial charge in [0, 0.05) is 47.0 Å². The number of halogens is 1. The first kappa shape index (κ1) is 27.0. The number of aromatic nitrogens is 3. The van der Waals surface area contributed by atoms with Crippen LogP contribution in [0.3, 0.4) is 0 Å². The summed E-state index contributed by atoms with van der Waals surface area (Å²) >= 11 is 0. The molecule has 4 aromatic rings. The number of likely N-dealkylation sites (tertiary alicyclic amines) is 1. The Labute approximate surface area is 222 Å². The molecular formula is C26H32ClN5O4S. The molecule has 0 amide bonds. The number of nitrogens with zero attached hydrogens (tertiary/aromatic N) is 3. The smallest absolute Gasteiger partial charge is 0.163 e. The van der Waals surface area contributed by atoms with Gasteiger partial charge in [0.25, 0.3) is 0 Å². The Kier molecular flexibility index (Phi) is 8.41. The maximum Gasteiger partial charge on any atom is 0.163 e. The zero-order valence-electron chi connectivity index (χ0n) is 20.9. The minimum absolute atomic E-state index is 0. The molecule has 0 unspecified atom stereocenters. The van der Waals surface area contributed by atoms with Crippen LogP contribution in [-0.4, -0.2) is 73.6 Å². The molecule has 1 saturated heterocycles. The van der Waals surface area contributed by atoms with Gasteiger partial charge in [-0.25, -0.2) is 18.4 Å². The highest BCUT2D eigenvalue weighted by Gasteiger charge is 2.21. The Morgan fingerprint density at radius 3 is 2.68 bits per heavy atom. The summed E-state index contributed by atoms with van der Waals surface area (Å²) in [5.41, 5.74) is 2.78. The lowest BCUT2D eigenvalue weighted by atomic mass is 9.98. The first-order chi connectivity index (χ1) is 17.4. The number of H-pyrrole nitrogens is 1. The topological polar surface area (TPSA) is 109 Å². The van der Waals surface area contributed by atoms with E-state index in [0.717, 1.165) is 53.4 Å². The van der Waals surface area contributed by atoms with E-state index in [-0.39, 0.29) is 18.2 Å². The van der Waals surface area contributed by atoms with Crippen LogP contribution in [0.25, 0.3) is 21.8 Å². The Bertz CT molecular complexity index is 1470. The molecule has 0 saturated carbocycles. The Hall–Kier alpha value is -3.08. The van der Waals surface area contributed by atoms with E-state index in [4.69, 9.17) is 9.47 Å². The molecule has 0 spiro atoms. The molecule has 11 heteroatoms. The largest absolute Gasteiger partial charge is 0.493 e. The molecule has 37 heavy (non-hydrogen) atoms. The molecule has 198 valence electrons. The maximum absolute atomic E-state index is 11.4. The fraction of sp³-hybridized carbons (Fsp3) is 0.385. The molecule has 2 aromatic heterocycles. The van der Waals surface area contributed by atoms with E-state index in [1.165, 1.54) is 6.26 Å². The number of hydrogen-bond acceptors (Lipinski definition) is 8. The maximum atomic E-state index is 11.4. The second-order valence-electron chi connectivity index (χ2n) is 9.37. The summed E-state index contributed by atoms with van der Waals surface area (Å²) in [6, 6.07) is 12.0. The van der Waals surface area contributed by atoms with Crippen molar-refractivity contribution in [2.24, 2.45) is 5.92 Å². The number of sulfone groups is 1. The molecule has 5 rings (SSSR count). The average Bonchev–Trinajstić information content (AvgIpc) is 3.34. The van der Waals surface area contributed by atoms with Crippen molar-refractivity contribution >= 4 is 55.6 Å². The van der Waals surface area contributed by atoms with Gasteiger partial charge in [0.05, 0.1) is 25.0 Å². The third-order valence-electron chi connectivity index (χ3n) is 6.70. The number of benzene rings is 2. The Balaban J connectivity index is 0.00000320. The van der Waals surface area contributed by atoms with Crippen LogP contribution in [0.2, 0.25) is 0 Å². The molecule has 0 bridgehead atoms. The summed E-state index contributed by atoms with van der Waals surface area (Å²) in [6.07, 6.45) is 6.70. The van der Waals surface area contributed by atoms with Crippen molar-refractivity contribution in [3.05, 3.63) is 48.9 Å². The fourth-order valence-corrected chi connectivity index (χ4v) is 5.17. The van der Waals surface area contributed by atoms with Crippen LogP contribution < -0.4 is 14.8 Å². The van der Waals surface area contributed by atoms with Crippen LogP contribution in [0, 0.1) is 5.92 Å². The third kappa shape index (κ3) is 6.63. The number of piperidine rings is 1. The van der Waals surface area contributed by atoms with Crippen molar-refractivity contribution in [1.29, 1.82) is 0 Å². The molecule has 1 fully saturated rings. The van der Waals surface area contributed by atoms with Gasteiger partial charge in [-0.3, -0.25) is 0 Å². The van der Waals surface area contributed by atoms with E-state index in [1.807, 2.05) is 36.5 Å². The molecule has 1 aliphatic heterocycles. The lowest BCUT2D eigenvalue weighted by molar-refractivity contribution is 0.144. The molecule has 0 aliphatic carbocycles. The number of ether oxygens (including phenoxy) is 2. The summed E-state index contributed by atoms with van der Waals surface area (Å²) < 4.78 is 34.7. The molecule has 0 atom stereocenters. The normalized spacial score (nSPS) is 15.0. The number of fused-ring (bicyclic) bond motifs is 2. The lowest BCUT2D eigenvalue weighted by Gasteiger charge is -2.31. The summed E-state index contributed by atoms with van der Waals surface area (Å²) in [6.45, 7) is 2.94. The standard InChI is InChI=1S/C26H31N5O4S.ClH/c1-34-24-14-21-23(28-17-29-26(21)30-20-3-4-22-19(13-20)5-8-27-22)15-25(24)35-16-18-6-9-31(10-7-18)11-12-36(2,32)33;/h3-5,8,13-15,17-18,27H,6-7,9-12,16H2,1-2H3,(H,28,29,30);1H. The molecule has 0 radical (unpaired) electrons. The summed E-state index contributed by atoms with van der Waals surface area (Å²) in [4.78, 5) is 14.3. The second-order valence-corrected chi connectivity index (χ2v) is 11.6. The van der Waals surface area contributed by atoms with Gasteiger partial charge in [-0.1, -0.05) is 0 Å². The molecule has 1 aliphatic rings. The molecule has 9 nitrogen and oxygen atoms in total. The van der Waals surface area contributed by atoms with Crippen LogP contribution in [0.1, 0.15) is 12.8 Å². The minimum Gasteiger partial charge on any atom is -0.493 e. The number of nitrogens with one attached hydrogen (secondary N) is 2. The quantitative estimate of drug-likeness (QED) is 0.318. The molecule has 2 N–H and O–H groups in total.